The minimum absolute atomic E-state index is 0.186. The number of carbonyl (C=O) groups excluding carboxylic acids is 1. The maximum absolute atomic E-state index is 11.9. The topological polar surface area (TPSA) is 68.1 Å². The monoisotopic (exact) mass is 308 g/mol. The van der Waals surface area contributed by atoms with E-state index in [9.17, 15) is 4.79 Å². The van der Waals surface area contributed by atoms with Crippen molar-refractivity contribution >= 4 is 28.9 Å². The van der Waals surface area contributed by atoms with Crippen molar-refractivity contribution in [3.8, 4) is 11.5 Å². The lowest BCUT2D eigenvalue weighted by Crippen LogP contribution is -2.04. The number of esters is 1. The molecule has 3 aromatic heterocycles. The van der Waals surface area contributed by atoms with Crippen LogP contribution in [-0.4, -0.2) is 16.2 Å². The van der Waals surface area contributed by atoms with Crippen LogP contribution in [0.5, 0.6) is 0 Å². The van der Waals surface area contributed by atoms with Crippen molar-refractivity contribution in [2.75, 3.05) is 0 Å². The SMILES string of the molecule is O=C(OCc1ccc(Cl)s1)c1cc(-c2ccco2)n[nH]1. The number of aromatic amines is 1. The lowest BCUT2D eigenvalue weighted by atomic mass is 10.3. The first-order valence-electron chi connectivity index (χ1n) is 5.73. The van der Waals surface area contributed by atoms with E-state index >= 15 is 0 Å². The summed E-state index contributed by atoms with van der Waals surface area (Å²) in [5, 5.41) is 6.63. The summed E-state index contributed by atoms with van der Waals surface area (Å²) in [7, 11) is 0. The number of hydrogen-bond acceptors (Lipinski definition) is 5. The highest BCUT2D eigenvalue weighted by molar-refractivity contribution is 7.16. The molecule has 3 heterocycles. The van der Waals surface area contributed by atoms with Gasteiger partial charge in [-0.1, -0.05) is 11.6 Å². The fourth-order valence-corrected chi connectivity index (χ4v) is 2.62. The Balaban J connectivity index is 1.65. The zero-order valence-electron chi connectivity index (χ0n) is 10.1. The quantitative estimate of drug-likeness (QED) is 0.745. The van der Waals surface area contributed by atoms with Crippen LogP contribution in [0.15, 0.2) is 41.0 Å². The Bertz CT molecular complexity index is 718. The van der Waals surface area contributed by atoms with Gasteiger partial charge >= 0.3 is 5.97 Å². The summed E-state index contributed by atoms with van der Waals surface area (Å²) in [4.78, 5) is 12.7. The molecule has 0 saturated heterocycles. The molecule has 102 valence electrons. The van der Waals surface area contributed by atoms with Gasteiger partial charge in [0.1, 0.15) is 18.0 Å². The fourth-order valence-electron chi connectivity index (χ4n) is 1.62. The molecule has 0 radical (unpaired) electrons. The zero-order chi connectivity index (χ0) is 13.9. The Labute approximate surface area is 123 Å². The largest absolute Gasteiger partial charge is 0.463 e. The number of thiophene rings is 1. The van der Waals surface area contributed by atoms with E-state index in [-0.39, 0.29) is 12.3 Å². The van der Waals surface area contributed by atoms with E-state index in [1.54, 1.807) is 30.5 Å². The summed E-state index contributed by atoms with van der Waals surface area (Å²) < 4.78 is 11.0. The second kappa shape index (κ2) is 5.52. The highest BCUT2D eigenvalue weighted by atomic mass is 35.5. The zero-order valence-corrected chi connectivity index (χ0v) is 11.7. The summed E-state index contributed by atoms with van der Waals surface area (Å²) in [6, 6.07) is 8.69. The second-order valence-corrected chi connectivity index (χ2v) is 5.73. The third kappa shape index (κ3) is 2.76. The van der Waals surface area contributed by atoms with Gasteiger partial charge in [0, 0.05) is 10.9 Å². The number of nitrogens with one attached hydrogen (secondary N) is 1. The van der Waals surface area contributed by atoms with Crippen LogP contribution >= 0.6 is 22.9 Å². The highest BCUT2D eigenvalue weighted by Gasteiger charge is 2.14. The molecule has 0 unspecified atom stereocenters. The lowest BCUT2D eigenvalue weighted by Gasteiger charge is -1.99. The molecule has 0 amide bonds. The number of rotatable bonds is 4. The number of halogens is 1. The Morgan fingerprint density at radius 1 is 1.45 bits per heavy atom. The molecule has 0 aliphatic carbocycles. The molecule has 7 heteroatoms. The molecule has 5 nitrogen and oxygen atoms in total. The van der Waals surface area contributed by atoms with Crippen LogP contribution in [0.2, 0.25) is 4.34 Å². The Morgan fingerprint density at radius 2 is 2.35 bits per heavy atom. The summed E-state index contributed by atoms with van der Waals surface area (Å²) >= 11 is 7.18. The van der Waals surface area contributed by atoms with Crippen LogP contribution in [0.1, 0.15) is 15.4 Å². The van der Waals surface area contributed by atoms with E-state index in [0.717, 1.165) is 4.88 Å². The van der Waals surface area contributed by atoms with Crippen LogP contribution in [-0.2, 0) is 11.3 Å². The maximum Gasteiger partial charge on any atom is 0.356 e. The molecule has 20 heavy (non-hydrogen) atoms. The van der Waals surface area contributed by atoms with Crippen LogP contribution in [0.3, 0.4) is 0 Å². The average Bonchev–Trinajstić information content (AvgIpc) is 3.16. The van der Waals surface area contributed by atoms with Gasteiger partial charge in [-0.3, -0.25) is 5.10 Å². The van der Waals surface area contributed by atoms with Gasteiger partial charge in [-0.25, -0.2) is 4.79 Å². The van der Waals surface area contributed by atoms with Crippen molar-refractivity contribution in [2.24, 2.45) is 0 Å². The standard InChI is InChI=1S/C13H9ClN2O3S/c14-12-4-3-8(20-12)7-19-13(17)10-6-9(15-16-10)11-2-1-5-18-11/h1-6H,7H2,(H,15,16). The molecular formula is C13H9ClN2O3S. The van der Waals surface area contributed by atoms with Crippen molar-refractivity contribution in [3.63, 3.8) is 0 Å². The maximum atomic E-state index is 11.9. The van der Waals surface area contributed by atoms with E-state index in [2.05, 4.69) is 10.2 Å². The molecule has 0 spiro atoms. The van der Waals surface area contributed by atoms with Crippen molar-refractivity contribution in [2.45, 2.75) is 6.61 Å². The molecule has 0 aliphatic heterocycles. The number of furan rings is 1. The van der Waals surface area contributed by atoms with Crippen molar-refractivity contribution in [3.05, 3.63) is 51.5 Å². The molecule has 0 aromatic carbocycles. The lowest BCUT2D eigenvalue weighted by molar-refractivity contribution is 0.0470. The first-order valence-corrected chi connectivity index (χ1v) is 6.92. The van der Waals surface area contributed by atoms with Crippen molar-refractivity contribution < 1.29 is 13.9 Å². The number of ether oxygens (including phenoxy) is 1. The second-order valence-electron chi connectivity index (χ2n) is 3.93. The smallest absolute Gasteiger partial charge is 0.356 e. The van der Waals surface area contributed by atoms with Gasteiger partial charge in [0.2, 0.25) is 0 Å². The van der Waals surface area contributed by atoms with Gasteiger partial charge in [-0.2, -0.15) is 5.10 Å². The fraction of sp³-hybridized carbons (Fsp3) is 0.0769. The van der Waals surface area contributed by atoms with Crippen LogP contribution in [0, 0.1) is 0 Å². The van der Waals surface area contributed by atoms with E-state index in [4.69, 9.17) is 20.8 Å². The first kappa shape index (κ1) is 13.0. The van der Waals surface area contributed by atoms with Gasteiger partial charge in [0.25, 0.3) is 0 Å². The predicted molar refractivity (Wildman–Crippen MR) is 74.7 cm³/mol. The molecular weight excluding hydrogens is 300 g/mol. The minimum atomic E-state index is -0.472. The molecule has 0 aliphatic rings. The summed E-state index contributed by atoms with van der Waals surface area (Å²) in [5.41, 5.74) is 0.833. The number of carbonyl (C=O) groups is 1. The summed E-state index contributed by atoms with van der Waals surface area (Å²) in [6.07, 6.45) is 1.54. The minimum Gasteiger partial charge on any atom is -0.463 e. The summed E-state index contributed by atoms with van der Waals surface area (Å²) in [6.45, 7) is 0.186. The van der Waals surface area contributed by atoms with E-state index < -0.39 is 5.97 Å². The number of H-pyrrole nitrogens is 1. The van der Waals surface area contributed by atoms with Crippen molar-refractivity contribution in [1.82, 2.24) is 10.2 Å². The molecule has 0 atom stereocenters. The van der Waals surface area contributed by atoms with E-state index in [1.807, 2.05) is 6.07 Å². The Morgan fingerprint density at radius 3 is 3.05 bits per heavy atom. The Kier molecular flexibility index (Phi) is 3.58. The van der Waals surface area contributed by atoms with Gasteiger partial charge < -0.3 is 9.15 Å². The summed E-state index contributed by atoms with van der Waals surface area (Å²) in [5.74, 6) is 0.116. The number of nitrogens with zero attached hydrogens (tertiary/aromatic N) is 1. The van der Waals surface area contributed by atoms with Crippen LogP contribution in [0.4, 0.5) is 0 Å². The van der Waals surface area contributed by atoms with Gasteiger partial charge in [0.15, 0.2) is 5.76 Å². The Hall–Kier alpha value is -2.05. The van der Waals surface area contributed by atoms with Gasteiger partial charge in [0.05, 0.1) is 10.6 Å². The van der Waals surface area contributed by atoms with E-state index in [1.165, 1.54) is 11.3 Å². The number of aromatic nitrogens is 2. The normalized spacial score (nSPS) is 10.7. The van der Waals surface area contributed by atoms with Gasteiger partial charge in [-0.05, 0) is 24.3 Å². The average molecular weight is 309 g/mol. The third-order valence-electron chi connectivity index (χ3n) is 2.55. The third-order valence-corrected chi connectivity index (χ3v) is 3.75. The molecule has 3 aromatic rings. The van der Waals surface area contributed by atoms with Crippen molar-refractivity contribution in [1.29, 1.82) is 0 Å². The predicted octanol–water partition coefficient (Wildman–Crippen LogP) is 3.74. The highest BCUT2D eigenvalue weighted by Crippen LogP contribution is 2.22. The molecule has 0 bridgehead atoms. The molecule has 1 N–H and O–H groups in total. The molecule has 3 rings (SSSR count). The molecule has 0 fully saturated rings. The van der Waals surface area contributed by atoms with Crippen LogP contribution < -0.4 is 0 Å². The first-order chi connectivity index (χ1) is 9.72. The number of hydrogen-bond donors (Lipinski definition) is 1. The molecule has 0 saturated carbocycles. The van der Waals surface area contributed by atoms with Gasteiger partial charge in [-0.15, -0.1) is 11.3 Å². The van der Waals surface area contributed by atoms with E-state index in [0.29, 0.717) is 15.8 Å². The van der Waals surface area contributed by atoms with Crippen LogP contribution in [0.25, 0.3) is 11.5 Å².